The van der Waals surface area contributed by atoms with Gasteiger partial charge in [0.15, 0.2) is 0 Å². The summed E-state index contributed by atoms with van der Waals surface area (Å²) in [6.07, 6.45) is 2.52. The minimum Gasteiger partial charge on any atom is -0.253 e. The van der Waals surface area contributed by atoms with Crippen LogP contribution >= 0.6 is 0 Å². The van der Waals surface area contributed by atoms with Gasteiger partial charge in [0, 0.05) is 13.5 Å². The van der Waals surface area contributed by atoms with Crippen molar-refractivity contribution in [3.8, 4) is 0 Å². The molecule has 1 aromatic rings. The van der Waals surface area contributed by atoms with Gasteiger partial charge in [-0.3, -0.25) is 4.68 Å². The highest BCUT2D eigenvalue weighted by molar-refractivity contribution is 4.80. The van der Waals surface area contributed by atoms with Gasteiger partial charge in [-0.1, -0.05) is 34.6 Å². The van der Waals surface area contributed by atoms with Crippen LogP contribution in [0.3, 0.4) is 0 Å². The zero-order valence-electron chi connectivity index (χ0n) is 9.13. The van der Waals surface area contributed by atoms with Gasteiger partial charge < -0.3 is 0 Å². The number of aromatic nitrogens is 3. The highest BCUT2D eigenvalue weighted by Gasteiger charge is 1.92. The number of hydrogen-bond acceptors (Lipinski definition) is 2. The van der Waals surface area contributed by atoms with Crippen molar-refractivity contribution < 1.29 is 0 Å². The summed E-state index contributed by atoms with van der Waals surface area (Å²) in [6.45, 7) is 10.1. The van der Waals surface area contributed by atoms with E-state index < -0.39 is 0 Å². The molecule has 0 aliphatic heterocycles. The molecule has 0 aromatic carbocycles. The molecule has 0 fully saturated rings. The minimum atomic E-state index is 0.955. The van der Waals surface area contributed by atoms with Crippen LogP contribution in [0.25, 0.3) is 0 Å². The standard InChI is InChI=1S/C5H9N3.2C2H6/c1-3-5-6-4-7-8(5)2;2*1-2/h4H,3H2,1-2H3;2*1-2H3. The molecule has 0 radical (unpaired) electrons. The Labute approximate surface area is 75.8 Å². The fraction of sp³-hybridized carbons (Fsp3) is 0.778. The van der Waals surface area contributed by atoms with Gasteiger partial charge in [0.1, 0.15) is 12.2 Å². The van der Waals surface area contributed by atoms with E-state index in [2.05, 4.69) is 17.0 Å². The van der Waals surface area contributed by atoms with Crippen molar-refractivity contribution >= 4 is 0 Å². The second-order valence-corrected chi connectivity index (χ2v) is 1.65. The van der Waals surface area contributed by atoms with E-state index in [9.17, 15) is 0 Å². The van der Waals surface area contributed by atoms with E-state index in [0.717, 1.165) is 12.2 Å². The first-order chi connectivity index (χ1) is 5.84. The first-order valence-corrected chi connectivity index (χ1v) is 4.67. The van der Waals surface area contributed by atoms with Crippen molar-refractivity contribution in [2.45, 2.75) is 41.0 Å². The summed E-state index contributed by atoms with van der Waals surface area (Å²) in [5, 5.41) is 3.89. The van der Waals surface area contributed by atoms with Crippen LogP contribution in [0, 0.1) is 0 Å². The van der Waals surface area contributed by atoms with Gasteiger partial charge in [-0.05, 0) is 0 Å². The Morgan fingerprint density at radius 2 is 1.75 bits per heavy atom. The third kappa shape index (κ3) is 4.88. The Hall–Kier alpha value is -0.860. The second kappa shape index (κ2) is 10.1. The van der Waals surface area contributed by atoms with Gasteiger partial charge in [-0.25, -0.2) is 4.98 Å². The summed E-state index contributed by atoms with van der Waals surface area (Å²) < 4.78 is 1.78. The van der Waals surface area contributed by atoms with Gasteiger partial charge >= 0.3 is 0 Å². The third-order valence-corrected chi connectivity index (χ3v) is 1.12. The van der Waals surface area contributed by atoms with Crippen LogP contribution in [0.4, 0.5) is 0 Å². The molecule has 0 spiro atoms. The Bertz CT molecular complexity index is 170. The maximum absolute atomic E-state index is 3.99. The van der Waals surface area contributed by atoms with Crippen molar-refractivity contribution in [2.24, 2.45) is 7.05 Å². The van der Waals surface area contributed by atoms with Gasteiger partial charge in [-0.2, -0.15) is 5.10 Å². The quantitative estimate of drug-likeness (QED) is 0.649. The summed E-state index contributed by atoms with van der Waals surface area (Å²) in [4.78, 5) is 3.99. The van der Waals surface area contributed by atoms with Crippen molar-refractivity contribution in [3.63, 3.8) is 0 Å². The molecule has 0 saturated heterocycles. The zero-order chi connectivity index (χ0) is 9.98. The molecule has 0 atom stereocenters. The van der Waals surface area contributed by atoms with Gasteiger partial charge in [0.25, 0.3) is 0 Å². The summed E-state index contributed by atoms with van der Waals surface area (Å²) in [7, 11) is 1.89. The lowest BCUT2D eigenvalue weighted by Gasteiger charge is -1.90. The fourth-order valence-electron chi connectivity index (χ4n) is 0.640. The van der Waals surface area contributed by atoms with Crippen LogP contribution in [0.15, 0.2) is 6.33 Å². The van der Waals surface area contributed by atoms with E-state index in [-0.39, 0.29) is 0 Å². The van der Waals surface area contributed by atoms with E-state index in [1.54, 1.807) is 11.0 Å². The first-order valence-electron chi connectivity index (χ1n) is 4.67. The highest BCUT2D eigenvalue weighted by atomic mass is 15.3. The van der Waals surface area contributed by atoms with Crippen LogP contribution in [-0.4, -0.2) is 14.8 Å². The molecule has 1 rings (SSSR count). The van der Waals surface area contributed by atoms with Crippen LogP contribution in [-0.2, 0) is 13.5 Å². The van der Waals surface area contributed by atoms with Crippen molar-refractivity contribution in [1.82, 2.24) is 14.8 Å². The van der Waals surface area contributed by atoms with Crippen LogP contribution in [0.1, 0.15) is 40.4 Å². The number of hydrogen-bond donors (Lipinski definition) is 0. The predicted octanol–water partition coefficient (Wildman–Crippen LogP) is 2.43. The Morgan fingerprint density at radius 1 is 1.25 bits per heavy atom. The Morgan fingerprint density at radius 3 is 1.92 bits per heavy atom. The molecule has 0 N–H and O–H groups in total. The van der Waals surface area contributed by atoms with E-state index >= 15 is 0 Å². The molecule has 3 heteroatoms. The van der Waals surface area contributed by atoms with E-state index in [0.29, 0.717) is 0 Å². The molecule has 0 saturated carbocycles. The van der Waals surface area contributed by atoms with E-state index in [1.807, 2.05) is 34.7 Å². The smallest absolute Gasteiger partial charge is 0.138 e. The van der Waals surface area contributed by atoms with Gasteiger partial charge in [0.2, 0.25) is 0 Å². The summed E-state index contributed by atoms with van der Waals surface area (Å²) >= 11 is 0. The molecule has 1 heterocycles. The summed E-state index contributed by atoms with van der Waals surface area (Å²) in [5.41, 5.74) is 0. The maximum Gasteiger partial charge on any atom is 0.138 e. The number of rotatable bonds is 1. The molecule has 72 valence electrons. The lowest BCUT2D eigenvalue weighted by Crippen LogP contribution is -1.96. The predicted molar refractivity (Wildman–Crippen MR) is 53.1 cm³/mol. The zero-order valence-corrected chi connectivity index (χ0v) is 9.13. The van der Waals surface area contributed by atoms with Gasteiger partial charge in [0.05, 0.1) is 0 Å². The fourth-order valence-corrected chi connectivity index (χ4v) is 0.640. The van der Waals surface area contributed by atoms with Crippen molar-refractivity contribution in [3.05, 3.63) is 12.2 Å². The van der Waals surface area contributed by atoms with Gasteiger partial charge in [-0.15, -0.1) is 0 Å². The normalized spacial score (nSPS) is 7.50. The Balaban J connectivity index is 0. The van der Waals surface area contributed by atoms with Crippen LogP contribution < -0.4 is 0 Å². The summed E-state index contributed by atoms with van der Waals surface area (Å²) in [6, 6.07) is 0. The molecule has 12 heavy (non-hydrogen) atoms. The largest absolute Gasteiger partial charge is 0.253 e. The topological polar surface area (TPSA) is 30.7 Å². The molecular formula is C9H21N3. The molecule has 3 nitrogen and oxygen atoms in total. The maximum atomic E-state index is 3.99. The SMILES string of the molecule is CC.CC.CCc1ncnn1C. The lowest BCUT2D eigenvalue weighted by atomic mass is 10.5. The molecule has 1 aromatic heterocycles. The molecule has 0 bridgehead atoms. The highest BCUT2D eigenvalue weighted by Crippen LogP contribution is 1.88. The van der Waals surface area contributed by atoms with E-state index in [1.165, 1.54) is 0 Å². The van der Waals surface area contributed by atoms with Crippen molar-refractivity contribution in [1.29, 1.82) is 0 Å². The minimum absolute atomic E-state index is 0.955. The molecule has 0 amide bonds. The molecular weight excluding hydrogens is 150 g/mol. The molecule has 0 unspecified atom stereocenters. The molecule has 0 aliphatic carbocycles. The average Bonchev–Trinajstić information content (AvgIpc) is 2.58. The third-order valence-electron chi connectivity index (χ3n) is 1.12. The van der Waals surface area contributed by atoms with Crippen LogP contribution in [0.5, 0.6) is 0 Å². The number of aryl methyl sites for hydroxylation is 2. The average molecular weight is 171 g/mol. The molecule has 0 aliphatic rings. The van der Waals surface area contributed by atoms with Crippen LogP contribution in [0.2, 0.25) is 0 Å². The number of nitrogens with zero attached hydrogens (tertiary/aromatic N) is 3. The monoisotopic (exact) mass is 171 g/mol. The lowest BCUT2D eigenvalue weighted by molar-refractivity contribution is 0.709. The Kier molecular flexibility index (Phi) is 11.6. The second-order valence-electron chi connectivity index (χ2n) is 1.65. The van der Waals surface area contributed by atoms with E-state index in [4.69, 9.17) is 0 Å². The first kappa shape index (κ1) is 13.7. The summed E-state index contributed by atoms with van der Waals surface area (Å²) in [5.74, 6) is 1.03. The van der Waals surface area contributed by atoms with Crippen molar-refractivity contribution in [2.75, 3.05) is 0 Å².